The van der Waals surface area contributed by atoms with Gasteiger partial charge in [0, 0.05) is 36.7 Å². The average molecular weight is 445 g/mol. The van der Waals surface area contributed by atoms with Crippen molar-refractivity contribution in [3.05, 3.63) is 42.2 Å². The SMILES string of the molecule is Cc1cccnc1Nc1nc(-c2ccc(OC3CCN(C4CC4)CC3(F)F)cn2)ns1. The van der Waals surface area contributed by atoms with Gasteiger partial charge in [0.05, 0.1) is 12.7 Å². The summed E-state index contributed by atoms with van der Waals surface area (Å²) in [7, 11) is 0. The summed E-state index contributed by atoms with van der Waals surface area (Å²) in [5, 5.41) is 3.74. The predicted molar refractivity (Wildman–Crippen MR) is 114 cm³/mol. The average Bonchev–Trinajstić information content (AvgIpc) is 3.50. The summed E-state index contributed by atoms with van der Waals surface area (Å²) in [6.45, 7) is 2.36. The van der Waals surface area contributed by atoms with E-state index in [1.807, 2.05) is 24.0 Å². The maximum Gasteiger partial charge on any atom is 0.296 e. The summed E-state index contributed by atoms with van der Waals surface area (Å²) in [5.74, 6) is -1.38. The first kappa shape index (κ1) is 20.2. The molecule has 0 aromatic carbocycles. The molecule has 0 spiro atoms. The molecule has 5 rings (SSSR count). The normalized spacial score (nSPS) is 21.1. The topological polar surface area (TPSA) is 76.1 Å². The number of likely N-dealkylation sites (tertiary alicyclic amines) is 1. The van der Waals surface area contributed by atoms with E-state index in [-0.39, 0.29) is 6.54 Å². The lowest BCUT2D eigenvalue weighted by Crippen LogP contribution is -2.54. The molecule has 1 unspecified atom stereocenters. The maximum absolute atomic E-state index is 14.5. The molecule has 1 aliphatic heterocycles. The minimum absolute atomic E-state index is 0.234. The number of alkyl halides is 2. The number of halogens is 2. The first-order valence-corrected chi connectivity index (χ1v) is 11.0. The molecule has 1 atom stereocenters. The van der Waals surface area contributed by atoms with Gasteiger partial charge in [0.25, 0.3) is 5.92 Å². The second-order valence-electron chi connectivity index (χ2n) is 7.95. The fourth-order valence-electron chi connectivity index (χ4n) is 3.69. The van der Waals surface area contributed by atoms with Crippen LogP contribution >= 0.6 is 11.5 Å². The molecular formula is C21H22F2N6OS. The Labute approximate surface area is 182 Å². The zero-order chi connectivity index (χ0) is 21.4. The molecule has 1 saturated heterocycles. The Hall–Kier alpha value is -2.72. The van der Waals surface area contributed by atoms with Crippen molar-refractivity contribution in [1.29, 1.82) is 0 Å². The van der Waals surface area contributed by atoms with Gasteiger partial charge >= 0.3 is 0 Å². The highest BCUT2D eigenvalue weighted by molar-refractivity contribution is 7.09. The van der Waals surface area contributed by atoms with Gasteiger partial charge in [-0.05, 0) is 43.5 Å². The molecule has 162 valence electrons. The number of anilines is 2. The van der Waals surface area contributed by atoms with E-state index in [1.54, 1.807) is 18.3 Å². The van der Waals surface area contributed by atoms with E-state index in [0.717, 1.165) is 24.2 Å². The van der Waals surface area contributed by atoms with Crippen LogP contribution in [0.25, 0.3) is 11.5 Å². The molecule has 1 N–H and O–H groups in total. The Kier molecular flexibility index (Phi) is 5.27. The highest BCUT2D eigenvalue weighted by Gasteiger charge is 2.49. The van der Waals surface area contributed by atoms with Crippen LogP contribution in [0.3, 0.4) is 0 Å². The van der Waals surface area contributed by atoms with Gasteiger partial charge < -0.3 is 10.1 Å². The lowest BCUT2D eigenvalue weighted by Gasteiger charge is -2.38. The van der Waals surface area contributed by atoms with E-state index < -0.39 is 12.0 Å². The third-order valence-corrected chi connectivity index (χ3v) is 6.16. The van der Waals surface area contributed by atoms with Gasteiger partial charge in [0.2, 0.25) is 5.13 Å². The lowest BCUT2D eigenvalue weighted by atomic mass is 10.0. The third kappa shape index (κ3) is 4.49. The number of nitrogens with one attached hydrogen (secondary N) is 1. The number of aromatic nitrogens is 4. The number of piperidine rings is 1. The lowest BCUT2D eigenvalue weighted by molar-refractivity contribution is -0.141. The number of nitrogens with zero attached hydrogens (tertiary/aromatic N) is 5. The smallest absolute Gasteiger partial charge is 0.296 e. The van der Waals surface area contributed by atoms with Crippen LogP contribution < -0.4 is 10.1 Å². The third-order valence-electron chi connectivity index (χ3n) is 5.53. The Morgan fingerprint density at radius 1 is 1.19 bits per heavy atom. The van der Waals surface area contributed by atoms with Crippen molar-refractivity contribution in [3.63, 3.8) is 0 Å². The maximum atomic E-state index is 14.5. The zero-order valence-electron chi connectivity index (χ0n) is 17.0. The van der Waals surface area contributed by atoms with Gasteiger partial charge in [0.15, 0.2) is 11.9 Å². The summed E-state index contributed by atoms with van der Waals surface area (Å²) in [6, 6.07) is 7.48. The first-order valence-electron chi connectivity index (χ1n) is 10.3. The van der Waals surface area contributed by atoms with Crippen molar-refractivity contribution in [1.82, 2.24) is 24.2 Å². The number of rotatable bonds is 6. The van der Waals surface area contributed by atoms with Gasteiger partial charge in [-0.15, -0.1) is 0 Å². The molecule has 3 aromatic heterocycles. The molecule has 10 heteroatoms. The number of hydrogen-bond donors (Lipinski definition) is 1. The molecule has 3 aromatic rings. The van der Waals surface area contributed by atoms with Crippen LogP contribution in [0.5, 0.6) is 5.75 Å². The standard InChI is InChI=1S/C21H22F2N6OS/c1-13-3-2-9-24-18(13)26-20-27-19(28-31-20)16-7-6-15(11-25-16)30-17-8-10-29(14-4-5-14)12-21(17,22)23/h2-3,6-7,9,11,14,17H,4-5,8,10,12H2,1H3,(H,24,26,27,28). The molecule has 0 amide bonds. The number of hydrogen-bond acceptors (Lipinski definition) is 8. The van der Waals surface area contributed by atoms with E-state index in [2.05, 4.69) is 24.6 Å². The van der Waals surface area contributed by atoms with Gasteiger partial charge in [-0.25, -0.2) is 18.7 Å². The monoisotopic (exact) mass is 444 g/mol. The minimum atomic E-state index is -2.87. The Morgan fingerprint density at radius 3 is 2.77 bits per heavy atom. The number of aryl methyl sites for hydroxylation is 1. The van der Waals surface area contributed by atoms with Crippen molar-refractivity contribution in [3.8, 4) is 17.3 Å². The van der Waals surface area contributed by atoms with Gasteiger partial charge in [-0.3, -0.25) is 4.90 Å². The van der Waals surface area contributed by atoms with E-state index >= 15 is 0 Å². The highest BCUT2D eigenvalue weighted by atomic mass is 32.1. The molecule has 4 heterocycles. The first-order chi connectivity index (χ1) is 15.0. The van der Waals surface area contributed by atoms with Crippen LogP contribution in [0, 0.1) is 6.92 Å². The molecule has 1 saturated carbocycles. The fraction of sp³-hybridized carbons (Fsp3) is 0.429. The number of ether oxygens (including phenoxy) is 1. The Morgan fingerprint density at radius 2 is 2.06 bits per heavy atom. The van der Waals surface area contributed by atoms with Crippen LogP contribution in [0.15, 0.2) is 36.7 Å². The summed E-state index contributed by atoms with van der Waals surface area (Å²) >= 11 is 1.20. The van der Waals surface area contributed by atoms with Crippen LogP contribution in [0.1, 0.15) is 24.8 Å². The van der Waals surface area contributed by atoms with E-state index in [9.17, 15) is 8.78 Å². The highest BCUT2D eigenvalue weighted by Crippen LogP contribution is 2.37. The minimum Gasteiger partial charge on any atom is -0.482 e. The molecular weight excluding hydrogens is 422 g/mol. The molecule has 2 aliphatic rings. The van der Waals surface area contributed by atoms with Crippen molar-refractivity contribution in [2.75, 3.05) is 18.4 Å². The second-order valence-corrected chi connectivity index (χ2v) is 8.71. The summed E-state index contributed by atoms with van der Waals surface area (Å²) in [4.78, 5) is 14.9. The Bertz CT molecular complexity index is 1060. The van der Waals surface area contributed by atoms with Gasteiger partial charge in [0.1, 0.15) is 17.3 Å². The van der Waals surface area contributed by atoms with E-state index in [0.29, 0.717) is 41.4 Å². The van der Waals surface area contributed by atoms with Crippen molar-refractivity contribution in [2.45, 2.75) is 44.3 Å². The Balaban J connectivity index is 1.23. The van der Waals surface area contributed by atoms with E-state index in [1.165, 1.54) is 17.7 Å². The van der Waals surface area contributed by atoms with Crippen molar-refractivity contribution in [2.24, 2.45) is 0 Å². The van der Waals surface area contributed by atoms with Crippen LogP contribution in [-0.4, -0.2) is 55.4 Å². The number of pyridine rings is 2. The molecule has 0 radical (unpaired) electrons. The van der Waals surface area contributed by atoms with Gasteiger partial charge in [-0.1, -0.05) is 6.07 Å². The fourth-order valence-corrected chi connectivity index (χ4v) is 4.26. The quantitative estimate of drug-likeness (QED) is 0.608. The van der Waals surface area contributed by atoms with Gasteiger partial charge in [-0.2, -0.15) is 9.36 Å². The van der Waals surface area contributed by atoms with Crippen LogP contribution in [0.4, 0.5) is 19.7 Å². The summed E-state index contributed by atoms with van der Waals surface area (Å²) < 4.78 is 39.0. The molecule has 31 heavy (non-hydrogen) atoms. The van der Waals surface area contributed by atoms with Crippen LogP contribution in [0.2, 0.25) is 0 Å². The molecule has 0 bridgehead atoms. The zero-order valence-corrected chi connectivity index (χ0v) is 17.8. The second kappa shape index (κ2) is 8.08. The van der Waals surface area contributed by atoms with Crippen LogP contribution in [-0.2, 0) is 0 Å². The summed E-state index contributed by atoms with van der Waals surface area (Å²) in [6.07, 6.45) is 4.38. The summed E-state index contributed by atoms with van der Waals surface area (Å²) in [5.41, 5.74) is 1.54. The van der Waals surface area contributed by atoms with Crippen molar-refractivity contribution < 1.29 is 13.5 Å². The molecule has 7 nitrogen and oxygen atoms in total. The largest absolute Gasteiger partial charge is 0.482 e. The molecule has 2 fully saturated rings. The van der Waals surface area contributed by atoms with Crippen molar-refractivity contribution >= 4 is 22.5 Å². The predicted octanol–water partition coefficient (Wildman–Crippen LogP) is 4.30. The van der Waals surface area contributed by atoms with E-state index in [4.69, 9.17) is 4.74 Å². The molecule has 1 aliphatic carbocycles.